The molecule has 3 heterocycles. The number of nitrogens with zero attached hydrogens (tertiary/aromatic N) is 5. The van der Waals surface area contributed by atoms with Gasteiger partial charge in [-0.3, -0.25) is 14.8 Å². The number of para-hydroxylation sites is 2. The summed E-state index contributed by atoms with van der Waals surface area (Å²) in [7, 11) is 1.84. The predicted molar refractivity (Wildman–Crippen MR) is 137 cm³/mol. The highest BCUT2D eigenvalue weighted by Crippen LogP contribution is 2.28. The molecule has 0 aliphatic heterocycles. The van der Waals surface area contributed by atoms with Crippen molar-refractivity contribution in [2.24, 2.45) is 7.05 Å². The first kappa shape index (κ1) is 22.7. The van der Waals surface area contributed by atoms with Crippen molar-refractivity contribution in [3.8, 4) is 11.3 Å². The van der Waals surface area contributed by atoms with Crippen LogP contribution in [0, 0.1) is 6.92 Å². The van der Waals surface area contributed by atoms with Gasteiger partial charge in [-0.25, -0.2) is 9.97 Å². The third-order valence-electron chi connectivity index (χ3n) is 6.04. The monoisotopic (exact) mass is 468 g/mol. The highest BCUT2D eigenvalue weighted by molar-refractivity contribution is 6.13. The van der Waals surface area contributed by atoms with Crippen LogP contribution in [0.3, 0.4) is 0 Å². The third kappa shape index (κ3) is 4.40. The summed E-state index contributed by atoms with van der Waals surface area (Å²) in [5, 5.41) is 8.34. The quantitative estimate of drug-likeness (QED) is 0.325. The zero-order valence-corrected chi connectivity index (χ0v) is 20.2. The fourth-order valence-corrected chi connectivity index (χ4v) is 4.42. The zero-order valence-electron chi connectivity index (χ0n) is 20.2. The van der Waals surface area contributed by atoms with Crippen LogP contribution in [0.1, 0.15) is 29.4 Å². The van der Waals surface area contributed by atoms with E-state index in [1.165, 1.54) is 0 Å². The van der Waals surface area contributed by atoms with Crippen LogP contribution in [0.15, 0.2) is 60.7 Å². The number of ether oxygens (including phenoxy) is 1. The number of amides is 1. The molecule has 5 aromatic rings. The smallest absolute Gasteiger partial charge is 0.258 e. The van der Waals surface area contributed by atoms with E-state index in [4.69, 9.17) is 14.7 Å². The van der Waals surface area contributed by atoms with Crippen LogP contribution in [0.4, 0.5) is 5.95 Å². The van der Waals surface area contributed by atoms with E-state index < -0.39 is 0 Å². The second-order valence-corrected chi connectivity index (χ2v) is 8.41. The first-order chi connectivity index (χ1) is 17.1. The van der Waals surface area contributed by atoms with Gasteiger partial charge in [0.1, 0.15) is 0 Å². The molecule has 0 bridgehead atoms. The number of nitrogens with one attached hydrogen (secondary N) is 1. The lowest BCUT2D eigenvalue weighted by atomic mass is 10.1. The Balaban J connectivity index is 1.56. The summed E-state index contributed by atoms with van der Waals surface area (Å²) in [6.45, 7) is 5.89. The Morgan fingerprint density at radius 3 is 2.63 bits per heavy atom. The molecule has 2 aromatic carbocycles. The summed E-state index contributed by atoms with van der Waals surface area (Å²) in [5.41, 5.74) is 5.40. The number of anilines is 1. The van der Waals surface area contributed by atoms with Crippen LogP contribution in [0.2, 0.25) is 0 Å². The average Bonchev–Trinajstić information content (AvgIpc) is 3.37. The van der Waals surface area contributed by atoms with Gasteiger partial charge < -0.3 is 9.30 Å². The molecule has 3 aromatic heterocycles. The first-order valence-electron chi connectivity index (χ1n) is 11.8. The minimum absolute atomic E-state index is 0.243. The molecule has 35 heavy (non-hydrogen) atoms. The van der Waals surface area contributed by atoms with Crippen LogP contribution in [-0.2, 0) is 18.3 Å². The lowest BCUT2D eigenvalue weighted by Gasteiger charge is -2.12. The average molecular weight is 469 g/mol. The molecule has 0 aliphatic carbocycles. The maximum Gasteiger partial charge on any atom is 0.258 e. The molecule has 5 rings (SSSR count). The van der Waals surface area contributed by atoms with Crippen molar-refractivity contribution in [1.29, 1.82) is 0 Å². The maximum absolute atomic E-state index is 13.7. The predicted octanol–water partition coefficient (Wildman–Crippen LogP) is 4.97. The second-order valence-electron chi connectivity index (χ2n) is 8.41. The Hall–Kier alpha value is -4.04. The topological polar surface area (TPSA) is 86.9 Å². The Morgan fingerprint density at radius 2 is 1.83 bits per heavy atom. The molecule has 1 N–H and O–H groups in total. The number of aryl methyl sites for hydroxylation is 3. The van der Waals surface area contributed by atoms with E-state index in [0.717, 1.165) is 39.8 Å². The van der Waals surface area contributed by atoms with Gasteiger partial charge in [0, 0.05) is 32.4 Å². The number of hydrogen-bond acceptors (Lipinski definition) is 5. The number of imidazole rings is 1. The highest BCUT2D eigenvalue weighted by atomic mass is 16.5. The van der Waals surface area contributed by atoms with E-state index in [9.17, 15) is 4.79 Å². The van der Waals surface area contributed by atoms with Crippen molar-refractivity contribution in [1.82, 2.24) is 24.3 Å². The van der Waals surface area contributed by atoms with Crippen molar-refractivity contribution in [2.75, 3.05) is 18.5 Å². The fraction of sp³-hybridized carbons (Fsp3) is 0.259. The van der Waals surface area contributed by atoms with E-state index >= 15 is 0 Å². The molecular formula is C27H28N6O2. The maximum atomic E-state index is 13.7. The fourth-order valence-electron chi connectivity index (χ4n) is 4.42. The summed E-state index contributed by atoms with van der Waals surface area (Å²) in [6, 6.07) is 19.6. The van der Waals surface area contributed by atoms with Crippen LogP contribution in [-0.4, -0.2) is 43.4 Å². The number of benzene rings is 2. The second kappa shape index (κ2) is 9.68. The molecular weight excluding hydrogens is 440 g/mol. The Morgan fingerprint density at radius 1 is 1.06 bits per heavy atom. The molecule has 0 unspecified atom stereocenters. The number of fused-ring (bicyclic) bond motifs is 2. The molecule has 8 nitrogen and oxygen atoms in total. The molecule has 0 radical (unpaired) electrons. The van der Waals surface area contributed by atoms with Crippen LogP contribution in [0.25, 0.3) is 33.3 Å². The van der Waals surface area contributed by atoms with E-state index in [1.807, 2.05) is 86.1 Å². The van der Waals surface area contributed by atoms with Crippen molar-refractivity contribution in [3.05, 3.63) is 71.9 Å². The van der Waals surface area contributed by atoms with Gasteiger partial charge in [0.15, 0.2) is 5.65 Å². The molecule has 0 aliphatic rings. The van der Waals surface area contributed by atoms with Gasteiger partial charge in [-0.05, 0) is 38.5 Å². The van der Waals surface area contributed by atoms with Crippen molar-refractivity contribution in [2.45, 2.75) is 26.8 Å². The van der Waals surface area contributed by atoms with Crippen molar-refractivity contribution < 1.29 is 9.53 Å². The number of hydrogen-bond donors (Lipinski definition) is 1. The normalized spacial score (nSPS) is 11.4. The summed E-state index contributed by atoms with van der Waals surface area (Å²) in [4.78, 5) is 23.3. The lowest BCUT2D eigenvalue weighted by Crippen LogP contribution is -2.17. The summed E-state index contributed by atoms with van der Waals surface area (Å²) in [6.07, 6.45) is 0.816. The number of carbonyl (C=O) groups is 1. The molecule has 0 fully saturated rings. The largest absolute Gasteiger partial charge is 0.382 e. The number of aromatic nitrogens is 5. The zero-order chi connectivity index (χ0) is 24.4. The number of pyridine rings is 1. The minimum atomic E-state index is -0.243. The summed E-state index contributed by atoms with van der Waals surface area (Å²) >= 11 is 0. The van der Waals surface area contributed by atoms with Crippen molar-refractivity contribution >= 4 is 33.9 Å². The van der Waals surface area contributed by atoms with E-state index in [-0.39, 0.29) is 5.91 Å². The lowest BCUT2D eigenvalue weighted by molar-refractivity contribution is 0.102. The van der Waals surface area contributed by atoms with Gasteiger partial charge >= 0.3 is 0 Å². The Labute approximate surface area is 203 Å². The van der Waals surface area contributed by atoms with Crippen LogP contribution < -0.4 is 5.32 Å². The summed E-state index contributed by atoms with van der Waals surface area (Å²) < 4.78 is 9.28. The van der Waals surface area contributed by atoms with Gasteiger partial charge in [0.25, 0.3) is 5.91 Å². The molecule has 0 spiro atoms. The Kier molecular flexibility index (Phi) is 6.29. The number of carbonyl (C=O) groups excluding carboxylic acids is 1. The highest BCUT2D eigenvalue weighted by Gasteiger charge is 2.21. The van der Waals surface area contributed by atoms with Crippen LogP contribution >= 0.6 is 0 Å². The van der Waals surface area contributed by atoms with Gasteiger partial charge in [-0.15, -0.1) is 0 Å². The molecule has 0 saturated heterocycles. The standard InChI is InChI=1S/C27H28N6O2/c1-4-35-16-10-15-33-23-14-9-8-13-21(23)29-27(33)30-26(34)20-17-22(19-11-6-5-7-12-19)28-25-24(20)18(2)31-32(25)3/h5-9,11-14,17H,4,10,15-16H2,1-3H3,(H,29,30,34). The number of rotatable bonds is 8. The van der Waals surface area contributed by atoms with E-state index in [1.54, 1.807) is 4.68 Å². The van der Waals surface area contributed by atoms with Crippen molar-refractivity contribution in [3.63, 3.8) is 0 Å². The van der Waals surface area contributed by atoms with Gasteiger partial charge in [0.2, 0.25) is 5.95 Å². The third-order valence-corrected chi connectivity index (χ3v) is 6.04. The minimum Gasteiger partial charge on any atom is -0.382 e. The van der Waals surface area contributed by atoms with E-state index in [0.29, 0.717) is 36.9 Å². The molecule has 8 heteroatoms. The first-order valence-corrected chi connectivity index (χ1v) is 11.8. The molecule has 1 amide bonds. The van der Waals surface area contributed by atoms with E-state index in [2.05, 4.69) is 10.4 Å². The Bertz CT molecular complexity index is 1500. The van der Waals surface area contributed by atoms with Gasteiger partial charge in [-0.1, -0.05) is 42.5 Å². The molecule has 0 saturated carbocycles. The SMILES string of the molecule is CCOCCCn1c(NC(=O)c2cc(-c3ccccc3)nc3c2c(C)nn3C)nc2ccccc21. The molecule has 178 valence electrons. The van der Waals surface area contributed by atoms with Gasteiger partial charge in [-0.2, -0.15) is 5.10 Å². The van der Waals surface area contributed by atoms with Crippen LogP contribution in [0.5, 0.6) is 0 Å². The van der Waals surface area contributed by atoms with Gasteiger partial charge in [0.05, 0.1) is 33.4 Å². The summed E-state index contributed by atoms with van der Waals surface area (Å²) in [5.74, 6) is 0.271. The molecule has 0 atom stereocenters.